The molecular weight excluding hydrogens is 413 g/mol. The number of carbonyl (C=O) groups excluding carboxylic acids is 3. The third-order valence-corrected chi connectivity index (χ3v) is 6.30. The molecule has 1 aromatic carbocycles. The number of aryl methyl sites for hydroxylation is 3. The Morgan fingerprint density at radius 2 is 1.75 bits per heavy atom. The lowest BCUT2D eigenvalue weighted by Gasteiger charge is -2.36. The van der Waals surface area contributed by atoms with Gasteiger partial charge in [-0.25, -0.2) is 14.2 Å². The van der Waals surface area contributed by atoms with Crippen molar-refractivity contribution in [3.8, 4) is 0 Å². The van der Waals surface area contributed by atoms with E-state index in [-0.39, 0.29) is 17.0 Å². The molecule has 9 heteroatoms. The van der Waals surface area contributed by atoms with Crippen molar-refractivity contribution in [3.05, 3.63) is 58.0 Å². The van der Waals surface area contributed by atoms with E-state index in [2.05, 4.69) is 21.6 Å². The number of amides is 4. The largest absolute Gasteiger partial charge is 0.353 e. The summed E-state index contributed by atoms with van der Waals surface area (Å²) in [4.78, 5) is 45.1. The van der Waals surface area contributed by atoms with E-state index in [9.17, 15) is 18.8 Å². The number of nitrogens with zero attached hydrogens (tertiary/aromatic N) is 3. The van der Waals surface area contributed by atoms with Gasteiger partial charge in [0.05, 0.1) is 0 Å². The van der Waals surface area contributed by atoms with E-state index in [4.69, 9.17) is 4.98 Å². The van der Waals surface area contributed by atoms with Crippen molar-refractivity contribution >= 4 is 23.7 Å². The summed E-state index contributed by atoms with van der Waals surface area (Å²) in [5, 5.41) is 4.54. The summed E-state index contributed by atoms with van der Waals surface area (Å²) in [6.45, 7) is 9.73. The maximum Gasteiger partial charge on any atom is 0.322 e. The van der Waals surface area contributed by atoms with Crippen molar-refractivity contribution < 1.29 is 18.8 Å². The number of benzene rings is 1. The van der Waals surface area contributed by atoms with Crippen LogP contribution in [-0.4, -0.2) is 53.9 Å². The highest BCUT2D eigenvalue weighted by Gasteiger charge is 2.45. The first-order valence-corrected chi connectivity index (χ1v) is 10.5. The first-order valence-electron chi connectivity index (χ1n) is 10.5. The predicted molar refractivity (Wildman–Crippen MR) is 117 cm³/mol. The van der Waals surface area contributed by atoms with Crippen LogP contribution < -0.4 is 15.5 Å². The van der Waals surface area contributed by atoms with Crippen LogP contribution in [0.1, 0.15) is 39.7 Å². The summed E-state index contributed by atoms with van der Waals surface area (Å²) in [5.74, 6) is -0.693. The molecule has 1 atom stereocenters. The smallest absolute Gasteiger partial charge is 0.322 e. The summed E-state index contributed by atoms with van der Waals surface area (Å²) in [7, 11) is 0. The number of hydrogen-bond acceptors (Lipinski definition) is 5. The number of carbonyl (C=O) groups is 3. The zero-order valence-corrected chi connectivity index (χ0v) is 18.6. The minimum Gasteiger partial charge on any atom is -0.353 e. The Bertz CT molecular complexity index is 1130. The molecular formula is C23H26FN5O3. The highest BCUT2D eigenvalue weighted by molar-refractivity contribution is 6.07. The van der Waals surface area contributed by atoms with Gasteiger partial charge in [-0.3, -0.25) is 14.9 Å². The molecule has 8 nitrogen and oxygen atoms in total. The summed E-state index contributed by atoms with van der Waals surface area (Å²) in [6.07, 6.45) is 0. The number of rotatable bonds is 3. The van der Waals surface area contributed by atoms with Gasteiger partial charge in [0.25, 0.3) is 11.8 Å². The summed E-state index contributed by atoms with van der Waals surface area (Å²) in [6, 6.07) is 5.44. The Hall–Kier alpha value is -3.49. The van der Waals surface area contributed by atoms with E-state index in [1.54, 1.807) is 4.90 Å². The van der Waals surface area contributed by atoms with E-state index >= 15 is 0 Å². The van der Waals surface area contributed by atoms with Gasteiger partial charge in [0.2, 0.25) is 0 Å². The average Bonchev–Trinajstić information content (AvgIpc) is 3.02. The number of piperazine rings is 1. The number of aromatic nitrogens is 1. The van der Waals surface area contributed by atoms with Crippen LogP contribution >= 0.6 is 0 Å². The summed E-state index contributed by atoms with van der Waals surface area (Å²) >= 11 is 0. The van der Waals surface area contributed by atoms with Crippen LogP contribution in [-0.2, 0) is 10.3 Å². The second-order valence-electron chi connectivity index (χ2n) is 8.54. The number of halogens is 1. The fourth-order valence-corrected chi connectivity index (χ4v) is 4.24. The van der Waals surface area contributed by atoms with E-state index < -0.39 is 23.3 Å². The third kappa shape index (κ3) is 3.68. The number of urea groups is 1. The molecule has 0 saturated carbocycles. The van der Waals surface area contributed by atoms with Crippen molar-refractivity contribution in [2.75, 3.05) is 31.1 Å². The van der Waals surface area contributed by atoms with Crippen molar-refractivity contribution in [1.82, 2.24) is 20.5 Å². The zero-order valence-electron chi connectivity index (χ0n) is 18.6. The first-order chi connectivity index (χ1) is 15.1. The quantitative estimate of drug-likeness (QED) is 0.715. The van der Waals surface area contributed by atoms with Gasteiger partial charge in [-0.05, 0) is 51.0 Å². The molecule has 168 valence electrons. The molecule has 1 aromatic heterocycles. The Morgan fingerprint density at radius 1 is 1.06 bits per heavy atom. The van der Waals surface area contributed by atoms with E-state index in [0.717, 1.165) is 28.7 Å². The molecule has 3 heterocycles. The Kier molecular flexibility index (Phi) is 5.36. The predicted octanol–water partition coefficient (Wildman–Crippen LogP) is 2.16. The standard InChI is InChI=1S/C23H26FN5O3/c1-13-11-14(2)19(25-15(13)3)28-7-9-29(10-8-28)20(30)16-5-6-17(18(24)12-16)23(4)21(31)26-22(32)27-23/h5-6,11-12H,7-10H2,1-4H3,(H2,26,27,31,32)/t23-/m1/s1. The van der Waals surface area contributed by atoms with Crippen LogP contribution in [0.2, 0.25) is 0 Å². The van der Waals surface area contributed by atoms with E-state index in [0.29, 0.717) is 26.2 Å². The van der Waals surface area contributed by atoms with Crippen LogP contribution in [0.25, 0.3) is 0 Å². The van der Waals surface area contributed by atoms with Crippen molar-refractivity contribution in [3.63, 3.8) is 0 Å². The van der Waals surface area contributed by atoms with Gasteiger partial charge in [0, 0.05) is 43.0 Å². The second-order valence-corrected chi connectivity index (χ2v) is 8.54. The molecule has 0 unspecified atom stereocenters. The highest BCUT2D eigenvalue weighted by Crippen LogP contribution is 2.28. The maximum absolute atomic E-state index is 14.9. The molecule has 2 fully saturated rings. The monoisotopic (exact) mass is 439 g/mol. The van der Waals surface area contributed by atoms with Crippen molar-refractivity contribution in [1.29, 1.82) is 0 Å². The number of nitrogens with one attached hydrogen (secondary N) is 2. The van der Waals surface area contributed by atoms with Crippen LogP contribution in [0.3, 0.4) is 0 Å². The van der Waals surface area contributed by atoms with Crippen LogP contribution in [0, 0.1) is 26.6 Å². The lowest BCUT2D eigenvalue weighted by molar-refractivity contribution is -0.123. The van der Waals surface area contributed by atoms with Crippen LogP contribution in [0.15, 0.2) is 24.3 Å². The van der Waals surface area contributed by atoms with Gasteiger partial charge in [-0.15, -0.1) is 0 Å². The molecule has 0 aliphatic carbocycles. The zero-order chi connectivity index (χ0) is 23.2. The number of pyridine rings is 1. The second kappa shape index (κ2) is 7.89. The molecule has 2 N–H and O–H groups in total. The highest BCUT2D eigenvalue weighted by atomic mass is 19.1. The number of hydrogen-bond donors (Lipinski definition) is 2. The fourth-order valence-electron chi connectivity index (χ4n) is 4.24. The van der Waals surface area contributed by atoms with Gasteiger partial charge in [-0.1, -0.05) is 12.1 Å². The van der Waals surface area contributed by atoms with Gasteiger partial charge in [0.1, 0.15) is 17.2 Å². The molecule has 2 aliphatic rings. The minimum atomic E-state index is -1.51. The molecule has 2 aromatic rings. The Morgan fingerprint density at radius 3 is 2.34 bits per heavy atom. The normalized spacial score (nSPS) is 20.9. The molecule has 0 bridgehead atoms. The summed E-state index contributed by atoms with van der Waals surface area (Å²) < 4.78 is 14.9. The molecule has 4 rings (SSSR count). The van der Waals surface area contributed by atoms with Gasteiger partial charge in [-0.2, -0.15) is 0 Å². The first kappa shape index (κ1) is 21.7. The number of imide groups is 1. The molecule has 4 amide bonds. The van der Waals surface area contributed by atoms with Crippen molar-refractivity contribution in [2.45, 2.75) is 33.2 Å². The SMILES string of the molecule is Cc1cc(C)c(N2CCN(C(=O)c3ccc([C@@]4(C)NC(=O)NC4=O)c(F)c3)CC2)nc1C. The maximum atomic E-state index is 14.9. The van der Waals surface area contributed by atoms with Gasteiger partial charge >= 0.3 is 6.03 Å². The lowest BCUT2D eigenvalue weighted by atomic mass is 9.91. The third-order valence-electron chi connectivity index (χ3n) is 6.30. The Labute approximate surface area is 185 Å². The van der Waals surface area contributed by atoms with Gasteiger partial charge in [0.15, 0.2) is 0 Å². The van der Waals surface area contributed by atoms with E-state index in [1.165, 1.54) is 19.1 Å². The molecule has 0 spiro atoms. The molecule has 32 heavy (non-hydrogen) atoms. The van der Waals surface area contributed by atoms with Crippen LogP contribution in [0.5, 0.6) is 0 Å². The lowest BCUT2D eigenvalue weighted by Crippen LogP contribution is -2.49. The summed E-state index contributed by atoms with van der Waals surface area (Å²) in [5.41, 5.74) is 1.94. The molecule has 2 saturated heterocycles. The fraction of sp³-hybridized carbons (Fsp3) is 0.391. The molecule has 2 aliphatic heterocycles. The average molecular weight is 439 g/mol. The van der Waals surface area contributed by atoms with Crippen LogP contribution in [0.4, 0.5) is 15.0 Å². The Balaban J connectivity index is 1.47. The minimum absolute atomic E-state index is 0.0125. The van der Waals surface area contributed by atoms with Gasteiger partial charge < -0.3 is 15.1 Å². The topological polar surface area (TPSA) is 94.6 Å². The van der Waals surface area contributed by atoms with Crippen molar-refractivity contribution in [2.24, 2.45) is 0 Å². The number of anilines is 1. The van der Waals surface area contributed by atoms with E-state index in [1.807, 2.05) is 20.8 Å². The molecule has 0 radical (unpaired) electrons.